The summed E-state index contributed by atoms with van der Waals surface area (Å²) in [6.07, 6.45) is 0.917. The highest BCUT2D eigenvalue weighted by Gasteiger charge is 2.36. The Labute approximate surface area is 120 Å². The maximum atomic E-state index is 12.6. The predicted molar refractivity (Wildman–Crippen MR) is 67.8 cm³/mol. The number of hydrogen-bond acceptors (Lipinski definition) is 7. The Hall–Kier alpha value is -1.97. The normalized spacial score (nSPS) is 19.0. The van der Waals surface area contributed by atoms with E-state index in [4.69, 9.17) is 9.15 Å². The predicted octanol–water partition coefficient (Wildman–Crippen LogP) is 0.504. The fourth-order valence-corrected chi connectivity index (χ4v) is 2.83. The van der Waals surface area contributed by atoms with Gasteiger partial charge in [-0.15, -0.1) is 3.89 Å². The second-order valence-electron chi connectivity index (χ2n) is 4.52. The topological polar surface area (TPSA) is 107 Å². The van der Waals surface area contributed by atoms with Gasteiger partial charge < -0.3 is 9.15 Å². The van der Waals surface area contributed by atoms with E-state index in [1.165, 1.54) is 0 Å². The summed E-state index contributed by atoms with van der Waals surface area (Å²) in [5.74, 6) is -2.55. The minimum atomic E-state index is -4.66. The van der Waals surface area contributed by atoms with Gasteiger partial charge in [-0.3, -0.25) is 9.69 Å². The molecule has 1 unspecified atom stereocenters. The number of esters is 1. The molecule has 1 aliphatic heterocycles. The molecule has 0 saturated carbocycles. The lowest BCUT2D eigenvalue weighted by molar-refractivity contribution is -0.117. The highest BCUT2D eigenvalue weighted by Crippen LogP contribution is 2.25. The van der Waals surface area contributed by atoms with Crippen molar-refractivity contribution in [2.24, 2.45) is 5.92 Å². The van der Waals surface area contributed by atoms with Crippen molar-refractivity contribution in [1.29, 1.82) is 0 Å². The zero-order valence-corrected chi connectivity index (χ0v) is 11.9. The number of carbonyl (C=O) groups excluding carboxylic acids is 2. The summed E-state index contributed by atoms with van der Waals surface area (Å²) in [4.78, 5) is 28.1. The van der Waals surface area contributed by atoms with E-state index in [-0.39, 0.29) is 31.3 Å². The smallest absolute Gasteiger partial charge is 0.360 e. The van der Waals surface area contributed by atoms with Crippen LogP contribution in [0.5, 0.6) is 0 Å². The summed E-state index contributed by atoms with van der Waals surface area (Å²) in [5, 5.41) is 0. The van der Waals surface area contributed by atoms with Crippen molar-refractivity contribution in [3.63, 3.8) is 0 Å². The fraction of sp³-hybridized carbons (Fsp3) is 0.545. The molecule has 0 aliphatic carbocycles. The summed E-state index contributed by atoms with van der Waals surface area (Å²) in [7, 11) is -4.66. The number of rotatable bonds is 5. The maximum Gasteiger partial charge on any atom is 0.360 e. The van der Waals surface area contributed by atoms with E-state index in [1.807, 2.05) is 0 Å². The molecule has 0 radical (unpaired) electrons. The van der Waals surface area contributed by atoms with Gasteiger partial charge in [0.05, 0.1) is 12.4 Å². The third-order valence-electron chi connectivity index (χ3n) is 2.85. The molecule has 0 aromatic carbocycles. The summed E-state index contributed by atoms with van der Waals surface area (Å²) >= 11 is 0. The second kappa shape index (κ2) is 5.80. The lowest BCUT2D eigenvalue weighted by Crippen LogP contribution is -2.25. The molecule has 116 valence electrons. The van der Waals surface area contributed by atoms with E-state index in [0.717, 1.165) is 11.2 Å². The van der Waals surface area contributed by atoms with Gasteiger partial charge in [0.15, 0.2) is 5.69 Å². The molecule has 1 aromatic heterocycles. The Morgan fingerprint density at radius 1 is 1.62 bits per heavy atom. The molecular formula is C11H13FN2O6S. The molecule has 1 fully saturated rings. The quantitative estimate of drug-likeness (QED) is 0.574. The van der Waals surface area contributed by atoms with E-state index in [2.05, 4.69) is 4.98 Å². The van der Waals surface area contributed by atoms with Crippen LogP contribution in [0.1, 0.15) is 23.8 Å². The zero-order chi connectivity index (χ0) is 15.6. The monoisotopic (exact) mass is 320 g/mol. The number of amides is 1. The van der Waals surface area contributed by atoms with Crippen molar-refractivity contribution >= 4 is 28.1 Å². The average molecular weight is 320 g/mol. The SMILES string of the molecule is CCOC(=O)c1coc(N2CC(CS(=O)(=O)F)CC2=O)n1. The molecule has 8 nitrogen and oxygen atoms in total. The number of oxazole rings is 1. The van der Waals surface area contributed by atoms with Gasteiger partial charge in [-0.2, -0.15) is 13.4 Å². The molecule has 1 aliphatic rings. The number of hydrogen-bond donors (Lipinski definition) is 0. The number of aromatic nitrogens is 1. The van der Waals surface area contributed by atoms with Crippen LogP contribution in [0, 0.1) is 5.92 Å². The summed E-state index contributed by atoms with van der Waals surface area (Å²) < 4.78 is 43.6. The van der Waals surface area contributed by atoms with Crippen LogP contribution in [-0.4, -0.2) is 44.2 Å². The third-order valence-corrected chi connectivity index (χ3v) is 3.72. The average Bonchev–Trinajstić information content (AvgIpc) is 2.94. The van der Waals surface area contributed by atoms with Crippen LogP contribution >= 0.6 is 0 Å². The van der Waals surface area contributed by atoms with Crippen molar-refractivity contribution in [2.75, 3.05) is 23.8 Å². The lowest BCUT2D eigenvalue weighted by atomic mass is 10.1. The molecule has 2 heterocycles. The van der Waals surface area contributed by atoms with Gasteiger partial charge in [0.25, 0.3) is 0 Å². The molecule has 1 atom stereocenters. The van der Waals surface area contributed by atoms with E-state index in [9.17, 15) is 21.9 Å². The van der Waals surface area contributed by atoms with Crippen LogP contribution in [0.25, 0.3) is 0 Å². The van der Waals surface area contributed by atoms with Gasteiger partial charge in [-0.05, 0) is 6.92 Å². The first-order valence-corrected chi connectivity index (χ1v) is 7.70. The number of carbonyl (C=O) groups is 2. The van der Waals surface area contributed by atoms with E-state index >= 15 is 0 Å². The fourth-order valence-electron chi connectivity index (χ4n) is 2.05. The minimum Gasteiger partial charge on any atom is -0.461 e. The molecule has 0 N–H and O–H groups in total. The molecule has 10 heteroatoms. The molecule has 2 rings (SSSR count). The third kappa shape index (κ3) is 3.78. The van der Waals surface area contributed by atoms with Gasteiger partial charge >= 0.3 is 22.2 Å². The molecule has 1 amide bonds. The van der Waals surface area contributed by atoms with Crippen LogP contribution < -0.4 is 4.90 Å². The lowest BCUT2D eigenvalue weighted by Gasteiger charge is -2.10. The van der Waals surface area contributed by atoms with Crippen LogP contribution in [-0.2, 0) is 19.8 Å². The molecule has 0 bridgehead atoms. The first-order valence-electron chi connectivity index (χ1n) is 6.15. The number of nitrogens with zero attached hydrogens (tertiary/aromatic N) is 2. The number of ether oxygens (including phenoxy) is 1. The Kier molecular flexibility index (Phi) is 4.26. The molecule has 21 heavy (non-hydrogen) atoms. The van der Waals surface area contributed by atoms with Crippen LogP contribution in [0.15, 0.2) is 10.7 Å². The zero-order valence-electron chi connectivity index (χ0n) is 11.1. The van der Waals surface area contributed by atoms with Crippen molar-refractivity contribution in [1.82, 2.24) is 4.98 Å². The first kappa shape index (κ1) is 15.4. The van der Waals surface area contributed by atoms with Crippen LogP contribution in [0.3, 0.4) is 0 Å². The maximum absolute atomic E-state index is 12.6. The first-order chi connectivity index (χ1) is 9.80. The van der Waals surface area contributed by atoms with E-state index in [1.54, 1.807) is 6.92 Å². The van der Waals surface area contributed by atoms with Gasteiger partial charge in [-0.25, -0.2) is 4.79 Å². The van der Waals surface area contributed by atoms with Crippen LogP contribution in [0.2, 0.25) is 0 Å². The van der Waals surface area contributed by atoms with Gasteiger partial charge in [0.1, 0.15) is 6.26 Å². The van der Waals surface area contributed by atoms with Gasteiger partial charge in [-0.1, -0.05) is 0 Å². The molecule has 1 aromatic rings. The second-order valence-corrected chi connectivity index (χ2v) is 5.93. The highest BCUT2D eigenvalue weighted by atomic mass is 32.3. The number of halogens is 1. The van der Waals surface area contributed by atoms with Crippen molar-refractivity contribution in [3.05, 3.63) is 12.0 Å². The van der Waals surface area contributed by atoms with Crippen LogP contribution in [0.4, 0.5) is 9.90 Å². The Bertz CT molecular complexity index is 655. The van der Waals surface area contributed by atoms with E-state index in [0.29, 0.717) is 0 Å². The summed E-state index contributed by atoms with van der Waals surface area (Å²) in [5.41, 5.74) is -0.0961. The van der Waals surface area contributed by atoms with E-state index < -0.39 is 33.8 Å². The Balaban J connectivity index is 2.09. The number of anilines is 1. The Morgan fingerprint density at radius 2 is 2.33 bits per heavy atom. The van der Waals surface area contributed by atoms with Crippen molar-refractivity contribution < 1.29 is 31.0 Å². The highest BCUT2D eigenvalue weighted by molar-refractivity contribution is 7.86. The summed E-state index contributed by atoms with van der Waals surface area (Å²) in [6, 6.07) is -0.137. The molecular weight excluding hydrogens is 307 g/mol. The molecule has 0 spiro atoms. The van der Waals surface area contributed by atoms with Crippen molar-refractivity contribution in [2.45, 2.75) is 13.3 Å². The standard InChI is InChI=1S/C11H13FN2O6S/c1-2-19-10(16)8-5-20-11(13-8)14-4-7(3-9(14)15)6-21(12,17)18/h5,7H,2-4,6H2,1H3. The van der Waals surface area contributed by atoms with Gasteiger partial charge in [0.2, 0.25) is 5.91 Å². The summed E-state index contributed by atoms with van der Waals surface area (Å²) in [6.45, 7) is 1.76. The van der Waals surface area contributed by atoms with Gasteiger partial charge in [0, 0.05) is 18.9 Å². The largest absolute Gasteiger partial charge is 0.461 e. The minimum absolute atomic E-state index is 0.0369. The molecule has 1 saturated heterocycles. The van der Waals surface area contributed by atoms with Crippen molar-refractivity contribution in [3.8, 4) is 0 Å². The Morgan fingerprint density at radius 3 is 2.95 bits per heavy atom.